The van der Waals surface area contributed by atoms with E-state index in [9.17, 15) is 19.7 Å². The van der Waals surface area contributed by atoms with E-state index in [1.807, 2.05) is 51.3 Å². The quantitative estimate of drug-likeness (QED) is 0.246. The highest BCUT2D eigenvalue weighted by Crippen LogP contribution is 2.37. The Bertz CT molecular complexity index is 1210. The van der Waals surface area contributed by atoms with Crippen molar-refractivity contribution < 1.29 is 19.2 Å². The lowest BCUT2D eigenvalue weighted by molar-refractivity contribution is -0.387. The summed E-state index contributed by atoms with van der Waals surface area (Å²) in [5, 5.41) is 16.2. The van der Waals surface area contributed by atoms with Crippen LogP contribution < -0.4 is 5.32 Å². The topological polar surface area (TPSA) is 111 Å². The van der Waals surface area contributed by atoms with Crippen LogP contribution in [0.15, 0.2) is 51.0 Å². The summed E-state index contributed by atoms with van der Waals surface area (Å²) >= 11 is 2.54. The first-order valence-corrected chi connectivity index (χ1v) is 11.8. The van der Waals surface area contributed by atoms with Crippen molar-refractivity contribution in [2.75, 3.05) is 11.9 Å². The van der Waals surface area contributed by atoms with Crippen LogP contribution in [0.25, 0.3) is 0 Å². The van der Waals surface area contributed by atoms with Gasteiger partial charge in [-0.25, -0.2) is 9.78 Å². The predicted molar refractivity (Wildman–Crippen MR) is 128 cm³/mol. The Morgan fingerprint density at radius 3 is 2.64 bits per heavy atom. The molecular weight excluding hydrogens is 462 g/mol. The fourth-order valence-corrected chi connectivity index (χ4v) is 4.96. The molecule has 0 radical (unpaired) electrons. The smallest absolute Gasteiger partial charge is 0.338 e. The first-order valence-electron chi connectivity index (χ1n) is 10.1. The summed E-state index contributed by atoms with van der Waals surface area (Å²) in [5.74, 6) is -1.10. The number of carbonyl (C=O) groups excluding carboxylic acids is 2. The molecule has 0 unspecified atom stereocenters. The molecular formula is C23H23N3O5S2. The number of benzene rings is 2. The Labute approximate surface area is 199 Å². The number of anilines is 1. The Morgan fingerprint density at radius 1 is 1.24 bits per heavy atom. The van der Waals surface area contributed by atoms with Crippen molar-refractivity contribution in [3.8, 4) is 0 Å². The maximum absolute atomic E-state index is 12.4. The zero-order valence-electron chi connectivity index (χ0n) is 18.6. The van der Waals surface area contributed by atoms with Crippen LogP contribution in [0.1, 0.15) is 46.9 Å². The van der Waals surface area contributed by atoms with Gasteiger partial charge in [0.25, 0.3) is 11.6 Å². The average Bonchev–Trinajstić information content (AvgIpc) is 3.17. The molecule has 0 saturated heterocycles. The maximum Gasteiger partial charge on any atom is 0.338 e. The fourth-order valence-electron chi connectivity index (χ4n) is 3.08. The van der Waals surface area contributed by atoms with Crippen molar-refractivity contribution in [1.82, 2.24) is 4.98 Å². The number of para-hydroxylation sites is 1. The van der Waals surface area contributed by atoms with Crippen LogP contribution in [0.3, 0.4) is 0 Å². The molecule has 1 N–H and O–H groups in total. The minimum absolute atomic E-state index is 0.00655. The highest BCUT2D eigenvalue weighted by atomic mass is 32.2. The highest BCUT2D eigenvalue weighted by Gasteiger charge is 2.21. The fraction of sp³-hybridized carbons (Fsp3) is 0.261. The van der Waals surface area contributed by atoms with Gasteiger partial charge >= 0.3 is 5.97 Å². The zero-order chi connectivity index (χ0) is 24.1. The van der Waals surface area contributed by atoms with Gasteiger partial charge < -0.3 is 10.1 Å². The van der Waals surface area contributed by atoms with Gasteiger partial charge in [0.15, 0.2) is 10.9 Å². The van der Waals surface area contributed by atoms with Gasteiger partial charge in [-0.2, -0.15) is 0 Å². The number of hydrogen-bond donors (Lipinski definition) is 1. The average molecular weight is 486 g/mol. The van der Waals surface area contributed by atoms with E-state index in [1.165, 1.54) is 23.5 Å². The van der Waals surface area contributed by atoms with E-state index in [0.29, 0.717) is 14.9 Å². The summed E-state index contributed by atoms with van der Waals surface area (Å²) in [5.41, 5.74) is 3.17. The van der Waals surface area contributed by atoms with Gasteiger partial charge in [0, 0.05) is 22.8 Å². The van der Waals surface area contributed by atoms with Crippen molar-refractivity contribution in [3.63, 3.8) is 0 Å². The van der Waals surface area contributed by atoms with E-state index in [4.69, 9.17) is 4.74 Å². The SMILES string of the molecule is Cc1csc(Sc2ccc(C(=O)OCC(=O)Nc3c(C)cccc3C(C)C)cc2[N+](=O)[O-])n1. The first-order chi connectivity index (χ1) is 15.7. The lowest BCUT2D eigenvalue weighted by Crippen LogP contribution is -2.22. The molecule has 3 aromatic rings. The third-order valence-electron chi connectivity index (χ3n) is 4.71. The van der Waals surface area contributed by atoms with Crippen LogP contribution >= 0.6 is 23.1 Å². The molecule has 33 heavy (non-hydrogen) atoms. The number of amides is 1. The second-order valence-electron chi connectivity index (χ2n) is 7.61. The molecule has 0 atom stereocenters. The van der Waals surface area contributed by atoms with E-state index in [2.05, 4.69) is 10.3 Å². The second kappa shape index (κ2) is 10.6. The molecule has 8 nitrogen and oxygen atoms in total. The molecule has 1 aromatic heterocycles. The van der Waals surface area contributed by atoms with Gasteiger partial charge in [-0.05, 0) is 43.0 Å². The number of aromatic nitrogens is 1. The second-order valence-corrected chi connectivity index (χ2v) is 9.76. The van der Waals surface area contributed by atoms with Crippen LogP contribution in [0.4, 0.5) is 11.4 Å². The summed E-state index contributed by atoms with van der Waals surface area (Å²) < 4.78 is 5.77. The Balaban J connectivity index is 1.68. The Hall–Kier alpha value is -3.24. The minimum Gasteiger partial charge on any atom is -0.452 e. The van der Waals surface area contributed by atoms with E-state index < -0.39 is 23.4 Å². The normalized spacial score (nSPS) is 10.8. The number of nitrogens with zero attached hydrogens (tertiary/aromatic N) is 2. The monoisotopic (exact) mass is 485 g/mol. The lowest BCUT2D eigenvalue weighted by Gasteiger charge is -2.16. The number of nitro groups is 1. The van der Waals surface area contributed by atoms with Crippen LogP contribution in [-0.4, -0.2) is 28.4 Å². The number of hydrogen-bond acceptors (Lipinski definition) is 8. The largest absolute Gasteiger partial charge is 0.452 e. The predicted octanol–water partition coefficient (Wildman–Crippen LogP) is 5.74. The lowest BCUT2D eigenvalue weighted by atomic mass is 9.98. The minimum atomic E-state index is -0.816. The molecule has 10 heteroatoms. The molecule has 3 rings (SSSR count). The van der Waals surface area contributed by atoms with E-state index in [0.717, 1.165) is 34.6 Å². The van der Waals surface area contributed by atoms with Gasteiger partial charge in [-0.1, -0.05) is 43.8 Å². The van der Waals surface area contributed by atoms with Crippen molar-refractivity contribution in [1.29, 1.82) is 0 Å². The number of carbonyl (C=O) groups is 2. The molecule has 172 valence electrons. The van der Waals surface area contributed by atoms with Crippen molar-refractivity contribution in [2.45, 2.75) is 42.8 Å². The number of aryl methyl sites for hydroxylation is 2. The molecule has 0 spiro atoms. The number of nitrogens with one attached hydrogen (secondary N) is 1. The molecule has 0 aliphatic heterocycles. The molecule has 0 fully saturated rings. The highest BCUT2D eigenvalue weighted by molar-refractivity contribution is 8.01. The summed E-state index contributed by atoms with van der Waals surface area (Å²) in [6.45, 7) is 7.27. The van der Waals surface area contributed by atoms with E-state index >= 15 is 0 Å². The number of rotatable bonds is 8. The van der Waals surface area contributed by atoms with Gasteiger partial charge in [-0.15, -0.1) is 11.3 Å². The standard InChI is InChI=1S/C23H23N3O5S2/c1-13(2)17-7-5-6-14(3)21(17)25-20(27)11-31-22(28)16-8-9-19(18(10-16)26(29)30)33-23-24-15(4)12-32-23/h5-10,12-13H,11H2,1-4H3,(H,25,27). The third kappa shape index (κ3) is 6.17. The summed E-state index contributed by atoms with van der Waals surface area (Å²) in [6, 6.07) is 9.82. The molecule has 0 bridgehead atoms. The molecule has 1 amide bonds. The Kier molecular flexibility index (Phi) is 7.83. The van der Waals surface area contributed by atoms with Gasteiger partial charge in [-0.3, -0.25) is 14.9 Å². The summed E-state index contributed by atoms with van der Waals surface area (Å²) in [7, 11) is 0. The van der Waals surface area contributed by atoms with E-state index in [-0.39, 0.29) is 17.2 Å². The number of esters is 1. The number of thiazole rings is 1. The molecule has 1 heterocycles. The van der Waals surface area contributed by atoms with Crippen LogP contribution in [0.5, 0.6) is 0 Å². The number of nitro benzene ring substituents is 1. The summed E-state index contributed by atoms with van der Waals surface area (Å²) in [6.07, 6.45) is 0. The molecule has 0 aliphatic carbocycles. The molecule has 2 aromatic carbocycles. The molecule has 0 aliphatic rings. The maximum atomic E-state index is 12.4. The van der Waals surface area contributed by atoms with Crippen molar-refractivity contribution in [3.05, 3.63) is 74.3 Å². The zero-order valence-corrected chi connectivity index (χ0v) is 20.2. The van der Waals surface area contributed by atoms with Gasteiger partial charge in [0.05, 0.1) is 15.4 Å². The van der Waals surface area contributed by atoms with Crippen molar-refractivity contribution >= 4 is 46.3 Å². The Morgan fingerprint density at radius 2 is 2.00 bits per heavy atom. The van der Waals surface area contributed by atoms with Gasteiger partial charge in [0.2, 0.25) is 0 Å². The third-order valence-corrected chi connectivity index (χ3v) is 6.83. The van der Waals surface area contributed by atoms with Crippen LogP contribution in [0, 0.1) is 24.0 Å². The van der Waals surface area contributed by atoms with Crippen LogP contribution in [0.2, 0.25) is 0 Å². The van der Waals surface area contributed by atoms with E-state index in [1.54, 1.807) is 0 Å². The van der Waals surface area contributed by atoms with Gasteiger partial charge in [0.1, 0.15) is 0 Å². The van der Waals surface area contributed by atoms with Crippen molar-refractivity contribution in [2.24, 2.45) is 0 Å². The van der Waals surface area contributed by atoms with Crippen LogP contribution in [-0.2, 0) is 9.53 Å². The molecule has 0 saturated carbocycles. The summed E-state index contributed by atoms with van der Waals surface area (Å²) in [4.78, 5) is 40.5. The number of ether oxygens (including phenoxy) is 1. The first kappa shape index (κ1) is 24.4.